The Bertz CT molecular complexity index is 920. The Kier molecular flexibility index (Phi) is 5.78. The summed E-state index contributed by atoms with van der Waals surface area (Å²) in [5.74, 6) is -0.250. The predicted octanol–water partition coefficient (Wildman–Crippen LogP) is 4.58. The lowest BCUT2D eigenvalue weighted by Crippen LogP contribution is -2.39. The van der Waals surface area contributed by atoms with Crippen LogP contribution in [0.1, 0.15) is 18.4 Å². The van der Waals surface area contributed by atoms with Crippen LogP contribution in [0, 0.1) is 5.82 Å². The highest BCUT2D eigenvalue weighted by Gasteiger charge is 2.23. The van der Waals surface area contributed by atoms with Crippen LogP contribution in [-0.2, 0) is 11.3 Å². The van der Waals surface area contributed by atoms with Gasteiger partial charge in [0.05, 0.1) is 18.8 Å². The zero-order valence-electron chi connectivity index (χ0n) is 15.6. The third kappa shape index (κ3) is 4.46. The van der Waals surface area contributed by atoms with E-state index in [1.807, 2.05) is 35.7 Å². The van der Waals surface area contributed by atoms with Crippen LogP contribution in [0.5, 0.6) is 0 Å². The second kappa shape index (κ2) is 8.63. The molecule has 0 saturated carbocycles. The molecule has 1 aliphatic heterocycles. The Morgan fingerprint density at radius 3 is 2.50 bits per heavy atom. The van der Waals surface area contributed by atoms with Crippen LogP contribution >= 0.6 is 11.3 Å². The van der Waals surface area contributed by atoms with Gasteiger partial charge in [0.1, 0.15) is 5.82 Å². The van der Waals surface area contributed by atoms with Gasteiger partial charge in [0.15, 0.2) is 5.13 Å². The van der Waals surface area contributed by atoms with E-state index >= 15 is 0 Å². The normalized spacial score (nSPS) is 14.3. The SMILES string of the molecule is O=C(CN1CCCC1)N(Cc1ccc(F)cc1)c1nc(-c2ccccc2)cs1. The van der Waals surface area contributed by atoms with Gasteiger partial charge in [-0.05, 0) is 43.6 Å². The molecule has 28 heavy (non-hydrogen) atoms. The number of likely N-dealkylation sites (tertiary alicyclic amines) is 1. The molecule has 1 aliphatic rings. The van der Waals surface area contributed by atoms with Crippen LogP contribution in [0.15, 0.2) is 60.0 Å². The van der Waals surface area contributed by atoms with Crippen molar-refractivity contribution in [3.05, 3.63) is 71.4 Å². The van der Waals surface area contributed by atoms with Crippen molar-refractivity contribution in [1.82, 2.24) is 9.88 Å². The van der Waals surface area contributed by atoms with Gasteiger partial charge in [-0.2, -0.15) is 0 Å². The van der Waals surface area contributed by atoms with Gasteiger partial charge in [0, 0.05) is 10.9 Å². The molecule has 0 unspecified atom stereocenters. The van der Waals surface area contributed by atoms with E-state index in [-0.39, 0.29) is 11.7 Å². The fraction of sp³-hybridized carbons (Fsp3) is 0.273. The molecule has 6 heteroatoms. The number of hydrogen-bond acceptors (Lipinski definition) is 4. The maximum atomic E-state index is 13.3. The van der Waals surface area contributed by atoms with Crippen molar-refractivity contribution in [2.75, 3.05) is 24.5 Å². The molecule has 0 N–H and O–H groups in total. The zero-order valence-corrected chi connectivity index (χ0v) is 16.4. The number of benzene rings is 2. The lowest BCUT2D eigenvalue weighted by molar-refractivity contribution is -0.119. The molecule has 0 atom stereocenters. The summed E-state index contributed by atoms with van der Waals surface area (Å²) in [4.78, 5) is 21.7. The Labute approximate surface area is 168 Å². The molecule has 0 spiro atoms. The molecule has 1 saturated heterocycles. The standard InChI is InChI=1S/C22H22FN3OS/c23-19-10-8-17(9-11-19)14-26(21(27)15-25-12-4-5-13-25)22-24-20(16-28-22)18-6-2-1-3-7-18/h1-3,6-11,16H,4-5,12-15H2. The fourth-order valence-corrected chi connectivity index (χ4v) is 4.23. The van der Waals surface area contributed by atoms with Crippen molar-refractivity contribution in [2.24, 2.45) is 0 Å². The summed E-state index contributed by atoms with van der Waals surface area (Å²) in [7, 11) is 0. The quantitative estimate of drug-likeness (QED) is 0.613. The van der Waals surface area contributed by atoms with E-state index in [9.17, 15) is 9.18 Å². The minimum absolute atomic E-state index is 0.0280. The van der Waals surface area contributed by atoms with Gasteiger partial charge in [-0.3, -0.25) is 14.6 Å². The number of nitrogens with zero attached hydrogens (tertiary/aromatic N) is 3. The van der Waals surface area contributed by atoms with E-state index in [1.54, 1.807) is 17.0 Å². The number of thiazole rings is 1. The smallest absolute Gasteiger partial charge is 0.243 e. The molecule has 4 rings (SSSR count). The number of carbonyl (C=O) groups is 1. The van der Waals surface area contributed by atoms with Crippen LogP contribution in [-0.4, -0.2) is 35.4 Å². The molecule has 1 fully saturated rings. The monoisotopic (exact) mass is 395 g/mol. The maximum Gasteiger partial charge on any atom is 0.243 e. The van der Waals surface area contributed by atoms with Crippen LogP contribution in [0.3, 0.4) is 0 Å². The van der Waals surface area contributed by atoms with Gasteiger partial charge in [0.25, 0.3) is 0 Å². The van der Waals surface area contributed by atoms with E-state index in [0.717, 1.165) is 42.8 Å². The third-order valence-corrected chi connectivity index (χ3v) is 5.77. The molecule has 4 nitrogen and oxygen atoms in total. The number of rotatable bonds is 6. The fourth-order valence-electron chi connectivity index (χ4n) is 3.38. The van der Waals surface area contributed by atoms with Crippen molar-refractivity contribution in [3.8, 4) is 11.3 Å². The Morgan fingerprint density at radius 2 is 1.79 bits per heavy atom. The molecule has 1 amide bonds. The van der Waals surface area contributed by atoms with Gasteiger partial charge in [0.2, 0.25) is 5.91 Å². The zero-order chi connectivity index (χ0) is 19.3. The lowest BCUT2D eigenvalue weighted by Gasteiger charge is -2.23. The first-order valence-electron chi connectivity index (χ1n) is 9.47. The molecule has 0 aliphatic carbocycles. The highest BCUT2D eigenvalue weighted by Crippen LogP contribution is 2.29. The van der Waals surface area contributed by atoms with Crippen molar-refractivity contribution >= 4 is 22.4 Å². The molecule has 2 aromatic carbocycles. The van der Waals surface area contributed by atoms with Crippen molar-refractivity contribution in [2.45, 2.75) is 19.4 Å². The third-order valence-electron chi connectivity index (χ3n) is 4.91. The van der Waals surface area contributed by atoms with E-state index in [2.05, 4.69) is 4.90 Å². The summed E-state index contributed by atoms with van der Waals surface area (Å²) in [6, 6.07) is 16.2. The highest BCUT2D eigenvalue weighted by atomic mass is 32.1. The van der Waals surface area contributed by atoms with E-state index in [0.29, 0.717) is 18.2 Å². The van der Waals surface area contributed by atoms with Gasteiger partial charge in [-0.15, -0.1) is 11.3 Å². The second-order valence-electron chi connectivity index (χ2n) is 6.97. The van der Waals surface area contributed by atoms with Gasteiger partial charge in [-0.1, -0.05) is 42.5 Å². The van der Waals surface area contributed by atoms with Gasteiger partial charge < -0.3 is 0 Å². The van der Waals surface area contributed by atoms with Crippen LogP contribution in [0.25, 0.3) is 11.3 Å². The number of carbonyl (C=O) groups excluding carboxylic acids is 1. The average molecular weight is 396 g/mol. The molecule has 0 bridgehead atoms. The molecular formula is C22H22FN3OS. The van der Waals surface area contributed by atoms with E-state index in [1.165, 1.54) is 23.5 Å². The number of halogens is 1. The molecule has 3 aromatic rings. The first-order chi connectivity index (χ1) is 13.7. The number of amides is 1. The van der Waals surface area contributed by atoms with Crippen molar-refractivity contribution in [1.29, 1.82) is 0 Å². The molecular weight excluding hydrogens is 373 g/mol. The summed E-state index contributed by atoms with van der Waals surface area (Å²) in [6.45, 7) is 2.70. The summed E-state index contributed by atoms with van der Waals surface area (Å²) in [5, 5.41) is 2.65. The number of hydrogen-bond donors (Lipinski definition) is 0. The van der Waals surface area contributed by atoms with Gasteiger partial charge >= 0.3 is 0 Å². The number of aromatic nitrogens is 1. The van der Waals surface area contributed by atoms with Crippen LogP contribution in [0.4, 0.5) is 9.52 Å². The van der Waals surface area contributed by atoms with Crippen LogP contribution in [0.2, 0.25) is 0 Å². The Morgan fingerprint density at radius 1 is 1.07 bits per heavy atom. The summed E-state index contributed by atoms with van der Waals surface area (Å²) in [5.41, 5.74) is 2.77. The van der Waals surface area contributed by atoms with Crippen molar-refractivity contribution < 1.29 is 9.18 Å². The maximum absolute atomic E-state index is 13.3. The predicted molar refractivity (Wildman–Crippen MR) is 111 cm³/mol. The summed E-state index contributed by atoms with van der Waals surface area (Å²) < 4.78 is 13.3. The number of anilines is 1. The first-order valence-corrected chi connectivity index (χ1v) is 10.3. The molecule has 1 aromatic heterocycles. The minimum Gasteiger partial charge on any atom is -0.294 e. The van der Waals surface area contributed by atoms with E-state index in [4.69, 9.17) is 4.98 Å². The minimum atomic E-state index is -0.278. The topological polar surface area (TPSA) is 36.4 Å². The van der Waals surface area contributed by atoms with Crippen molar-refractivity contribution in [3.63, 3.8) is 0 Å². The average Bonchev–Trinajstić information content (AvgIpc) is 3.40. The van der Waals surface area contributed by atoms with Crippen LogP contribution < -0.4 is 4.90 Å². The Balaban J connectivity index is 1.59. The second-order valence-corrected chi connectivity index (χ2v) is 7.81. The Hall–Kier alpha value is -2.57. The molecule has 144 valence electrons. The van der Waals surface area contributed by atoms with E-state index < -0.39 is 0 Å². The molecule has 2 heterocycles. The highest BCUT2D eigenvalue weighted by molar-refractivity contribution is 7.14. The van der Waals surface area contributed by atoms with Gasteiger partial charge in [-0.25, -0.2) is 9.37 Å². The largest absolute Gasteiger partial charge is 0.294 e. The summed E-state index contributed by atoms with van der Waals surface area (Å²) in [6.07, 6.45) is 2.28. The lowest BCUT2D eigenvalue weighted by atomic mass is 10.2. The first kappa shape index (κ1) is 18.8. The molecule has 0 radical (unpaired) electrons. The summed E-state index contributed by atoms with van der Waals surface area (Å²) >= 11 is 1.46.